The van der Waals surface area contributed by atoms with E-state index in [-0.39, 0.29) is 0 Å². The number of rotatable bonds is 5. The molecule has 0 aliphatic carbocycles. The normalized spacial score (nSPS) is 12.6. The maximum atomic E-state index is 5.31. The third-order valence-electron chi connectivity index (χ3n) is 1.88. The van der Waals surface area contributed by atoms with Crippen LogP contribution in [0, 0.1) is 0 Å². The van der Waals surface area contributed by atoms with Gasteiger partial charge in [0.15, 0.2) is 0 Å². The molecule has 0 radical (unpaired) electrons. The molecule has 78 valence electrons. The van der Waals surface area contributed by atoms with Gasteiger partial charge in [-0.25, -0.2) is 0 Å². The van der Waals surface area contributed by atoms with E-state index in [2.05, 4.69) is 32.6 Å². The van der Waals surface area contributed by atoms with Crippen molar-refractivity contribution in [3.8, 4) is 0 Å². The summed E-state index contributed by atoms with van der Waals surface area (Å²) in [7, 11) is 3.62. The van der Waals surface area contributed by atoms with Crippen LogP contribution in [-0.4, -0.2) is 27.6 Å². The number of hydrogen-bond donors (Lipinski definition) is 0. The van der Waals surface area contributed by atoms with E-state index in [4.69, 9.17) is 12.2 Å². The first-order valence-electron chi connectivity index (χ1n) is 4.77. The molecule has 0 spiro atoms. The summed E-state index contributed by atoms with van der Waals surface area (Å²) in [5.74, 6) is 0. The Balaban J connectivity index is 3.72. The zero-order valence-electron chi connectivity index (χ0n) is 8.87. The van der Waals surface area contributed by atoms with E-state index in [1.807, 2.05) is 10.8 Å². The van der Waals surface area contributed by atoms with Crippen molar-refractivity contribution in [2.45, 2.75) is 39.4 Å². The summed E-state index contributed by atoms with van der Waals surface area (Å²) in [5.41, 5.74) is 0. The Morgan fingerprint density at radius 3 is 2.23 bits per heavy atom. The fourth-order valence-corrected chi connectivity index (χ4v) is 3.55. The van der Waals surface area contributed by atoms with Gasteiger partial charge in [0, 0.05) is 18.3 Å². The first-order chi connectivity index (χ1) is 6.15. The van der Waals surface area contributed by atoms with Crippen LogP contribution in [0.3, 0.4) is 0 Å². The number of nitrogens with zero attached hydrogens (tertiary/aromatic N) is 1. The van der Waals surface area contributed by atoms with Gasteiger partial charge in [0.2, 0.25) is 0 Å². The molecule has 0 saturated heterocycles. The van der Waals surface area contributed by atoms with Crippen LogP contribution in [0.1, 0.15) is 34.1 Å². The van der Waals surface area contributed by atoms with Gasteiger partial charge in [-0.2, -0.15) is 0 Å². The molecule has 0 fully saturated rings. The number of hydrogen-bond acceptors (Lipinski definition) is 3. The van der Waals surface area contributed by atoms with Crippen LogP contribution in [0.4, 0.5) is 0 Å². The quantitative estimate of drug-likeness (QED) is 0.528. The zero-order chi connectivity index (χ0) is 10.3. The largest absolute Gasteiger partial charge is 0.357 e. The molecule has 13 heavy (non-hydrogen) atoms. The second-order valence-electron chi connectivity index (χ2n) is 2.84. The van der Waals surface area contributed by atoms with Crippen molar-refractivity contribution in [1.82, 2.24) is 4.90 Å². The maximum absolute atomic E-state index is 5.31. The van der Waals surface area contributed by atoms with Gasteiger partial charge in [-0.3, -0.25) is 0 Å². The van der Waals surface area contributed by atoms with E-state index in [9.17, 15) is 0 Å². The first-order valence-corrected chi connectivity index (χ1v) is 7.39. The Bertz CT molecular complexity index is 146. The lowest BCUT2D eigenvalue weighted by molar-refractivity contribution is 0.482. The Hall–Kier alpha value is 0.590. The van der Waals surface area contributed by atoms with E-state index < -0.39 is 0 Å². The average Bonchev–Trinajstić information content (AvgIpc) is 2.16. The third kappa shape index (κ3) is 5.81. The molecule has 0 amide bonds. The van der Waals surface area contributed by atoms with E-state index in [0.717, 1.165) is 17.4 Å². The van der Waals surface area contributed by atoms with E-state index in [0.29, 0.717) is 5.25 Å². The van der Waals surface area contributed by atoms with Crippen LogP contribution < -0.4 is 0 Å². The molecule has 0 aromatic carbocycles. The highest BCUT2D eigenvalue weighted by Crippen LogP contribution is 2.30. The van der Waals surface area contributed by atoms with Gasteiger partial charge in [-0.15, -0.1) is 0 Å². The minimum Gasteiger partial charge on any atom is -0.357 e. The maximum Gasteiger partial charge on any atom is 0.147 e. The fraction of sp³-hybridized carbons (Fsp3) is 0.889. The minimum absolute atomic E-state index is 0.693. The summed E-state index contributed by atoms with van der Waals surface area (Å²) in [5, 5.41) is 0.693. The average molecular weight is 237 g/mol. The highest BCUT2D eigenvalue weighted by Gasteiger charge is 2.08. The van der Waals surface area contributed by atoms with Crippen molar-refractivity contribution >= 4 is 38.1 Å². The standard InChI is InChI=1S/C9H19NS3/c1-5-8(4)12-13-9(11)10(6-2)7-3/h8H,5-7H2,1-4H3. The lowest BCUT2D eigenvalue weighted by Gasteiger charge is -2.21. The zero-order valence-corrected chi connectivity index (χ0v) is 11.3. The predicted molar refractivity (Wildman–Crippen MR) is 70.5 cm³/mol. The van der Waals surface area contributed by atoms with Gasteiger partial charge in [0.05, 0.1) is 0 Å². The third-order valence-corrected chi connectivity index (χ3v) is 5.61. The van der Waals surface area contributed by atoms with Crippen molar-refractivity contribution in [2.24, 2.45) is 0 Å². The van der Waals surface area contributed by atoms with Gasteiger partial charge in [0.25, 0.3) is 0 Å². The predicted octanol–water partition coefficient (Wildman–Crippen LogP) is 3.79. The van der Waals surface area contributed by atoms with Crippen LogP contribution >= 0.6 is 33.8 Å². The van der Waals surface area contributed by atoms with E-state index >= 15 is 0 Å². The van der Waals surface area contributed by atoms with Crippen LogP contribution in [-0.2, 0) is 0 Å². The van der Waals surface area contributed by atoms with Crippen LogP contribution in [0.25, 0.3) is 0 Å². The van der Waals surface area contributed by atoms with Crippen molar-refractivity contribution in [3.05, 3.63) is 0 Å². The SMILES string of the molecule is CCC(C)SSC(=S)N(CC)CC. The second-order valence-corrected chi connectivity index (χ2v) is 6.11. The van der Waals surface area contributed by atoms with Crippen LogP contribution in [0.5, 0.6) is 0 Å². The summed E-state index contributed by atoms with van der Waals surface area (Å²) >= 11 is 5.31. The molecular formula is C9H19NS3. The summed E-state index contributed by atoms with van der Waals surface area (Å²) < 4.78 is 1.02. The van der Waals surface area contributed by atoms with Crippen molar-refractivity contribution < 1.29 is 0 Å². The fourth-order valence-electron chi connectivity index (χ4n) is 0.726. The van der Waals surface area contributed by atoms with Gasteiger partial charge < -0.3 is 4.90 Å². The topological polar surface area (TPSA) is 3.24 Å². The molecular weight excluding hydrogens is 218 g/mol. The molecule has 0 rings (SSSR count). The van der Waals surface area contributed by atoms with Crippen LogP contribution in [0.2, 0.25) is 0 Å². The van der Waals surface area contributed by atoms with E-state index in [1.54, 1.807) is 10.8 Å². The highest BCUT2D eigenvalue weighted by atomic mass is 33.1. The second kappa shape index (κ2) is 7.94. The van der Waals surface area contributed by atoms with Gasteiger partial charge in [-0.1, -0.05) is 36.9 Å². The molecule has 0 N–H and O–H groups in total. The van der Waals surface area contributed by atoms with Crippen molar-refractivity contribution in [1.29, 1.82) is 0 Å². The van der Waals surface area contributed by atoms with Gasteiger partial charge in [0.1, 0.15) is 4.32 Å². The Morgan fingerprint density at radius 2 is 1.85 bits per heavy atom. The van der Waals surface area contributed by atoms with Crippen LogP contribution in [0.15, 0.2) is 0 Å². The molecule has 1 nitrogen and oxygen atoms in total. The first kappa shape index (κ1) is 13.6. The smallest absolute Gasteiger partial charge is 0.147 e. The molecule has 0 saturated carbocycles. The monoisotopic (exact) mass is 237 g/mol. The van der Waals surface area contributed by atoms with E-state index in [1.165, 1.54) is 6.42 Å². The molecule has 0 aliphatic heterocycles. The van der Waals surface area contributed by atoms with Gasteiger partial charge in [-0.05, 0) is 31.1 Å². The molecule has 1 unspecified atom stereocenters. The highest BCUT2D eigenvalue weighted by molar-refractivity contribution is 8.83. The summed E-state index contributed by atoms with van der Waals surface area (Å²) in [4.78, 5) is 2.22. The molecule has 0 aromatic rings. The van der Waals surface area contributed by atoms with Crippen molar-refractivity contribution in [2.75, 3.05) is 13.1 Å². The molecule has 0 aliphatic rings. The Labute approximate surface area is 95.4 Å². The minimum atomic E-state index is 0.693. The molecule has 0 heterocycles. The van der Waals surface area contributed by atoms with Crippen molar-refractivity contribution in [3.63, 3.8) is 0 Å². The Kier molecular flexibility index (Phi) is 8.31. The lowest BCUT2D eigenvalue weighted by atomic mass is 10.4. The molecule has 1 atom stereocenters. The summed E-state index contributed by atoms with van der Waals surface area (Å²) in [6.45, 7) is 10.8. The molecule has 4 heteroatoms. The molecule has 0 aromatic heterocycles. The Morgan fingerprint density at radius 1 is 1.31 bits per heavy atom. The molecule has 0 bridgehead atoms. The number of thiocarbonyl (C=S) groups is 1. The lowest BCUT2D eigenvalue weighted by Crippen LogP contribution is -2.26. The summed E-state index contributed by atoms with van der Waals surface area (Å²) in [6, 6.07) is 0. The summed E-state index contributed by atoms with van der Waals surface area (Å²) in [6.07, 6.45) is 1.21. The van der Waals surface area contributed by atoms with Gasteiger partial charge >= 0.3 is 0 Å².